The molecule has 2 aromatic rings. The molecule has 0 bridgehead atoms. The number of carbonyl (C=O) groups is 2. The van der Waals surface area contributed by atoms with Crippen LogP contribution in [0.4, 0.5) is 0 Å². The summed E-state index contributed by atoms with van der Waals surface area (Å²) in [5.41, 5.74) is 0.941. The molecule has 8 nitrogen and oxygen atoms in total. The quantitative estimate of drug-likeness (QED) is 0.321. The number of amides is 1. The predicted molar refractivity (Wildman–Crippen MR) is 127 cm³/mol. The molecular weight excluding hydrogens is 438 g/mol. The number of aliphatic hydroxyl groups is 1. The van der Waals surface area contributed by atoms with Gasteiger partial charge in [-0.05, 0) is 42.3 Å². The molecule has 0 aromatic heterocycles. The third-order valence-corrected chi connectivity index (χ3v) is 5.52. The third-order valence-electron chi connectivity index (χ3n) is 5.52. The van der Waals surface area contributed by atoms with Crippen LogP contribution in [0.25, 0.3) is 5.76 Å². The smallest absolute Gasteiger partial charge is 0.295 e. The van der Waals surface area contributed by atoms with Gasteiger partial charge in [-0.25, -0.2) is 0 Å². The Labute approximate surface area is 199 Å². The summed E-state index contributed by atoms with van der Waals surface area (Å²) in [6, 6.07) is 11.0. The highest BCUT2D eigenvalue weighted by atomic mass is 16.5. The molecule has 1 heterocycles. The van der Waals surface area contributed by atoms with Crippen molar-refractivity contribution in [1.29, 1.82) is 0 Å². The molecule has 1 aliphatic heterocycles. The molecule has 182 valence electrons. The van der Waals surface area contributed by atoms with Crippen molar-refractivity contribution < 1.29 is 33.6 Å². The maximum atomic E-state index is 13.1. The largest absolute Gasteiger partial charge is 0.507 e. The van der Waals surface area contributed by atoms with Gasteiger partial charge in [0, 0.05) is 30.8 Å². The van der Waals surface area contributed by atoms with E-state index in [2.05, 4.69) is 13.8 Å². The standard InChI is InChI=1S/C26H31NO7/c1-16(2)15-34-18-8-6-17(7-9-18)24(28)22-23(27(12-13-31-3)26(30)25(22)29)20-11-10-19(32-4)14-21(20)33-5/h6-11,14,16,23,28H,12-13,15H2,1-5H3/b24-22+/t23-/m0/s1. The normalized spacial score (nSPS) is 17.4. The van der Waals surface area contributed by atoms with Gasteiger partial charge >= 0.3 is 0 Å². The van der Waals surface area contributed by atoms with Crippen LogP contribution in [0.2, 0.25) is 0 Å². The van der Waals surface area contributed by atoms with Crippen molar-refractivity contribution in [3.05, 3.63) is 59.2 Å². The number of methoxy groups -OCH3 is 3. The molecule has 1 aliphatic rings. The Balaban J connectivity index is 2.10. The number of hydrogen-bond donors (Lipinski definition) is 1. The second-order valence-electron chi connectivity index (χ2n) is 8.32. The number of likely N-dealkylation sites (tertiary alicyclic amines) is 1. The number of carbonyl (C=O) groups excluding carboxylic acids is 2. The number of hydrogen-bond acceptors (Lipinski definition) is 7. The molecule has 3 rings (SSSR count). The summed E-state index contributed by atoms with van der Waals surface area (Å²) in [7, 11) is 4.55. The van der Waals surface area contributed by atoms with Gasteiger partial charge in [0.2, 0.25) is 0 Å². The van der Waals surface area contributed by atoms with E-state index in [0.29, 0.717) is 40.9 Å². The monoisotopic (exact) mass is 469 g/mol. The minimum atomic E-state index is -0.854. The van der Waals surface area contributed by atoms with E-state index in [-0.39, 0.29) is 24.5 Å². The van der Waals surface area contributed by atoms with E-state index in [4.69, 9.17) is 18.9 Å². The molecule has 0 radical (unpaired) electrons. The number of benzene rings is 2. The maximum Gasteiger partial charge on any atom is 0.295 e. The molecule has 2 aromatic carbocycles. The Morgan fingerprint density at radius 3 is 2.26 bits per heavy atom. The summed E-state index contributed by atoms with van der Waals surface area (Å²) < 4.78 is 21.7. The van der Waals surface area contributed by atoms with Crippen molar-refractivity contribution in [1.82, 2.24) is 4.90 Å². The first-order valence-electron chi connectivity index (χ1n) is 11.0. The minimum absolute atomic E-state index is 0.0135. The third kappa shape index (κ3) is 5.17. The molecule has 1 atom stereocenters. The lowest BCUT2D eigenvalue weighted by Gasteiger charge is -2.26. The lowest BCUT2D eigenvalue weighted by Crippen LogP contribution is -2.32. The summed E-state index contributed by atoms with van der Waals surface area (Å²) in [5.74, 6) is 0.268. The fourth-order valence-electron chi connectivity index (χ4n) is 3.80. The molecule has 1 N–H and O–H groups in total. The van der Waals surface area contributed by atoms with Gasteiger partial charge in [0.1, 0.15) is 23.0 Å². The van der Waals surface area contributed by atoms with E-state index in [1.165, 1.54) is 26.2 Å². The van der Waals surface area contributed by atoms with Crippen LogP contribution < -0.4 is 14.2 Å². The molecular formula is C26H31NO7. The average Bonchev–Trinajstić information content (AvgIpc) is 3.10. The number of aliphatic hydroxyl groups excluding tert-OH is 1. The Bertz CT molecular complexity index is 1060. The van der Waals surface area contributed by atoms with Gasteiger partial charge < -0.3 is 29.0 Å². The van der Waals surface area contributed by atoms with E-state index in [1.54, 1.807) is 42.5 Å². The van der Waals surface area contributed by atoms with Gasteiger partial charge in [0.25, 0.3) is 11.7 Å². The van der Waals surface area contributed by atoms with E-state index < -0.39 is 17.7 Å². The first-order valence-corrected chi connectivity index (χ1v) is 11.0. The number of nitrogens with zero attached hydrogens (tertiary/aromatic N) is 1. The zero-order chi connectivity index (χ0) is 24.8. The SMILES string of the molecule is COCCN1C(=O)C(=O)/C(=C(/O)c2ccc(OCC(C)C)cc2)[C@@H]1c1ccc(OC)cc1OC. The topological polar surface area (TPSA) is 94.5 Å². The van der Waals surface area contributed by atoms with Gasteiger partial charge in [0.15, 0.2) is 0 Å². The molecule has 1 saturated heterocycles. The van der Waals surface area contributed by atoms with Crippen LogP contribution in [0.1, 0.15) is 31.0 Å². The van der Waals surface area contributed by atoms with Crippen LogP contribution in [0.3, 0.4) is 0 Å². The summed E-state index contributed by atoms with van der Waals surface area (Å²) in [6.45, 7) is 5.06. The highest BCUT2D eigenvalue weighted by molar-refractivity contribution is 6.46. The zero-order valence-electron chi connectivity index (χ0n) is 20.2. The van der Waals surface area contributed by atoms with E-state index in [0.717, 1.165) is 0 Å². The van der Waals surface area contributed by atoms with Crippen LogP contribution in [0.15, 0.2) is 48.0 Å². The average molecular weight is 470 g/mol. The number of Topliss-reactive ketones (excluding diaryl/α,β-unsaturated/α-hetero) is 1. The highest BCUT2D eigenvalue weighted by Gasteiger charge is 2.47. The van der Waals surface area contributed by atoms with Crippen molar-refractivity contribution in [2.24, 2.45) is 5.92 Å². The predicted octanol–water partition coefficient (Wildman–Crippen LogP) is 3.81. The number of rotatable bonds is 10. The van der Waals surface area contributed by atoms with Gasteiger partial charge in [0.05, 0.1) is 39.0 Å². The van der Waals surface area contributed by atoms with Gasteiger partial charge in [-0.3, -0.25) is 9.59 Å². The first-order chi connectivity index (χ1) is 16.3. The Morgan fingerprint density at radius 1 is 1.00 bits per heavy atom. The van der Waals surface area contributed by atoms with Crippen LogP contribution in [-0.2, 0) is 14.3 Å². The van der Waals surface area contributed by atoms with Gasteiger partial charge in [-0.2, -0.15) is 0 Å². The Morgan fingerprint density at radius 2 is 1.68 bits per heavy atom. The van der Waals surface area contributed by atoms with Crippen LogP contribution in [-0.4, -0.2) is 62.8 Å². The van der Waals surface area contributed by atoms with Crippen molar-refractivity contribution in [3.63, 3.8) is 0 Å². The van der Waals surface area contributed by atoms with E-state index >= 15 is 0 Å². The van der Waals surface area contributed by atoms with Crippen molar-refractivity contribution in [3.8, 4) is 17.2 Å². The highest BCUT2D eigenvalue weighted by Crippen LogP contribution is 2.43. The van der Waals surface area contributed by atoms with Crippen molar-refractivity contribution in [2.75, 3.05) is 41.1 Å². The fraction of sp³-hybridized carbons (Fsp3) is 0.385. The van der Waals surface area contributed by atoms with E-state index in [9.17, 15) is 14.7 Å². The Kier molecular flexibility index (Phi) is 8.17. The maximum absolute atomic E-state index is 13.1. The first kappa shape index (κ1) is 25.1. The molecule has 0 spiro atoms. The number of ketones is 1. The van der Waals surface area contributed by atoms with Crippen LogP contribution in [0.5, 0.6) is 17.2 Å². The molecule has 8 heteroatoms. The number of ether oxygens (including phenoxy) is 4. The van der Waals surface area contributed by atoms with Crippen LogP contribution in [0, 0.1) is 5.92 Å². The Hall–Kier alpha value is -3.52. The fourth-order valence-corrected chi connectivity index (χ4v) is 3.80. The van der Waals surface area contributed by atoms with Gasteiger partial charge in [-0.1, -0.05) is 13.8 Å². The molecule has 0 aliphatic carbocycles. The van der Waals surface area contributed by atoms with Gasteiger partial charge in [-0.15, -0.1) is 0 Å². The molecule has 1 amide bonds. The van der Waals surface area contributed by atoms with Crippen LogP contribution >= 0.6 is 0 Å². The lowest BCUT2D eigenvalue weighted by atomic mass is 9.94. The molecule has 0 saturated carbocycles. The van der Waals surface area contributed by atoms with E-state index in [1.807, 2.05) is 0 Å². The summed E-state index contributed by atoms with van der Waals surface area (Å²) >= 11 is 0. The van der Waals surface area contributed by atoms with Crippen molar-refractivity contribution >= 4 is 17.4 Å². The lowest BCUT2D eigenvalue weighted by molar-refractivity contribution is -0.140. The zero-order valence-corrected chi connectivity index (χ0v) is 20.2. The minimum Gasteiger partial charge on any atom is -0.507 e. The molecule has 0 unspecified atom stereocenters. The summed E-state index contributed by atoms with van der Waals surface area (Å²) in [5, 5.41) is 11.2. The van der Waals surface area contributed by atoms with Crippen molar-refractivity contribution in [2.45, 2.75) is 19.9 Å². The summed E-state index contributed by atoms with van der Waals surface area (Å²) in [6.07, 6.45) is 0. The second-order valence-corrected chi connectivity index (χ2v) is 8.32. The molecule has 1 fully saturated rings. The molecule has 34 heavy (non-hydrogen) atoms. The summed E-state index contributed by atoms with van der Waals surface area (Å²) in [4.78, 5) is 27.5. The second kappa shape index (κ2) is 11.1.